The number of amides is 1. The zero-order chi connectivity index (χ0) is 17.9. The van der Waals surface area contributed by atoms with Crippen LogP contribution < -0.4 is 10.5 Å². The van der Waals surface area contributed by atoms with Crippen LogP contribution in [0.4, 0.5) is 0 Å². The molecule has 0 radical (unpaired) electrons. The fourth-order valence-corrected chi connectivity index (χ4v) is 4.37. The summed E-state index contributed by atoms with van der Waals surface area (Å²) < 4.78 is 5.96. The van der Waals surface area contributed by atoms with Crippen LogP contribution in [0.5, 0.6) is 5.75 Å². The summed E-state index contributed by atoms with van der Waals surface area (Å²) >= 11 is 0. The Labute approximate surface area is 167 Å². The number of fused-ring (bicyclic) bond motifs is 1. The van der Waals surface area contributed by atoms with Gasteiger partial charge in [0.15, 0.2) is 0 Å². The highest BCUT2D eigenvalue weighted by molar-refractivity contribution is 5.85. The Bertz CT molecular complexity index is 768. The molecule has 1 saturated carbocycles. The van der Waals surface area contributed by atoms with E-state index in [4.69, 9.17) is 10.5 Å². The van der Waals surface area contributed by atoms with Crippen molar-refractivity contribution in [3.05, 3.63) is 54.6 Å². The average molecular weight is 387 g/mol. The molecule has 1 aliphatic carbocycles. The Kier molecular flexibility index (Phi) is 6.40. The second-order valence-electron chi connectivity index (χ2n) is 7.42. The highest BCUT2D eigenvalue weighted by Gasteiger charge is 2.42. The van der Waals surface area contributed by atoms with Crippen molar-refractivity contribution in [3.63, 3.8) is 0 Å². The van der Waals surface area contributed by atoms with Gasteiger partial charge in [-0.2, -0.15) is 0 Å². The minimum absolute atomic E-state index is 0. The van der Waals surface area contributed by atoms with Crippen LogP contribution in [0.2, 0.25) is 0 Å². The fourth-order valence-electron chi connectivity index (χ4n) is 4.37. The number of rotatable bonds is 5. The lowest BCUT2D eigenvalue weighted by atomic mass is 9.98. The number of hydrogen-bond acceptors (Lipinski definition) is 3. The zero-order valence-corrected chi connectivity index (χ0v) is 16.2. The molecule has 27 heavy (non-hydrogen) atoms. The number of benzene rings is 2. The first-order valence-electron chi connectivity index (χ1n) is 9.53. The van der Waals surface area contributed by atoms with Crippen molar-refractivity contribution in [2.45, 2.75) is 25.3 Å². The first-order valence-corrected chi connectivity index (χ1v) is 9.53. The van der Waals surface area contributed by atoms with Gasteiger partial charge in [-0.15, -0.1) is 12.4 Å². The molecule has 3 unspecified atom stereocenters. The SMILES string of the molecule is Cl.NC1CCC2CN(C(=O)CCOc3ccccc3-c3ccccc3)CC12. The largest absolute Gasteiger partial charge is 0.492 e. The van der Waals surface area contributed by atoms with Crippen LogP contribution in [0, 0.1) is 11.8 Å². The number of ether oxygens (including phenoxy) is 1. The van der Waals surface area contributed by atoms with Crippen LogP contribution >= 0.6 is 12.4 Å². The molecule has 4 nitrogen and oxygen atoms in total. The molecule has 1 heterocycles. The van der Waals surface area contributed by atoms with Crippen molar-refractivity contribution in [1.29, 1.82) is 0 Å². The molecule has 0 bridgehead atoms. The molecule has 2 fully saturated rings. The Morgan fingerprint density at radius 3 is 2.56 bits per heavy atom. The minimum Gasteiger partial charge on any atom is -0.492 e. The van der Waals surface area contributed by atoms with E-state index in [0.29, 0.717) is 24.9 Å². The number of likely N-dealkylation sites (tertiary alicyclic amines) is 1. The zero-order valence-electron chi connectivity index (χ0n) is 15.4. The summed E-state index contributed by atoms with van der Waals surface area (Å²) in [6, 6.07) is 18.4. The molecule has 0 spiro atoms. The summed E-state index contributed by atoms with van der Waals surface area (Å²) in [5, 5.41) is 0. The lowest BCUT2D eigenvalue weighted by Crippen LogP contribution is -2.34. The van der Waals surface area contributed by atoms with E-state index in [1.54, 1.807) is 0 Å². The van der Waals surface area contributed by atoms with Gasteiger partial charge in [-0.3, -0.25) is 4.79 Å². The summed E-state index contributed by atoms with van der Waals surface area (Å²) in [6.07, 6.45) is 2.69. The quantitative estimate of drug-likeness (QED) is 0.851. The van der Waals surface area contributed by atoms with Gasteiger partial charge in [-0.05, 0) is 36.3 Å². The molecule has 1 amide bonds. The maximum Gasteiger partial charge on any atom is 0.226 e. The molecular weight excluding hydrogens is 360 g/mol. The number of carbonyl (C=O) groups is 1. The van der Waals surface area contributed by atoms with Crippen LogP contribution in [0.15, 0.2) is 54.6 Å². The normalized spacial score (nSPS) is 23.6. The molecule has 1 aliphatic heterocycles. The second kappa shape index (κ2) is 8.77. The second-order valence-corrected chi connectivity index (χ2v) is 7.42. The highest BCUT2D eigenvalue weighted by Crippen LogP contribution is 2.37. The lowest BCUT2D eigenvalue weighted by Gasteiger charge is -2.19. The van der Waals surface area contributed by atoms with Gasteiger partial charge in [0.25, 0.3) is 0 Å². The van der Waals surface area contributed by atoms with Crippen molar-refractivity contribution in [1.82, 2.24) is 4.90 Å². The van der Waals surface area contributed by atoms with Gasteiger partial charge >= 0.3 is 0 Å². The Balaban J connectivity index is 0.00000210. The topological polar surface area (TPSA) is 55.6 Å². The van der Waals surface area contributed by atoms with Gasteiger partial charge < -0.3 is 15.4 Å². The highest BCUT2D eigenvalue weighted by atomic mass is 35.5. The smallest absolute Gasteiger partial charge is 0.226 e. The molecule has 2 aromatic carbocycles. The minimum atomic E-state index is 0. The Morgan fingerprint density at radius 1 is 1.04 bits per heavy atom. The predicted octanol–water partition coefficient (Wildman–Crippen LogP) is 3.74. The van der Waals surface area contributed by atoms with Crippen LogP contribution in [0.3, 0.4) is 0 Å². The van der Waals surface area contributed by atoms with E-state index in [1.807, 2.05) is 41.3 Å². The monoisotopic (exact) mass is 386 g/mol. The first kappa shape index (κ1) is 19.7. The van der Waals surface area contributed by atoms with Crippen molar-refractivity contribution in [2.75, 3.05) is 19.7 Å². The van der Waals surface area contributed by atoms with Gasteiger partial charge in [0.1, 0.15) is 5.75 Å². The molecule has 2 aromatic rings. The van der Waals surface area contributed by atoms with Gasteiger partial charge in [-0.1, -0.05) is 48.5 Å². The molecule has 2 N–H and O–H groups in total. The summed E-state index contributed by atoms with van der Waals surface area (Å²) in [4.78, 5) is 14.5. The summed E-state index contributed by atoms with van der Waals surface area (Å²) in [5.74, 6) is 2.11. The summed E-state index contributed by atoms with van der Waals surface area (Å²) in [6.45, 7) is 2.10. The van der Waals surface area contributed by atoms with E-state index in [1.165, 1.54) is 0 Å². The number of nitrogens with zero attached hydrogens (tertiary/aromatic N) is 1. The standard InChI is InChI=1S/C22H26N2O2.ClH/c23-20-11-10-17-14-24(15-19(17)20)22(25)12-13-26-21-9-5-4-8-18(21)16-6-2-1-3-7-16;/h1-9,17,19-20H,10-15,23H2;1H. The van der Waals surface area contributed by atoms with Crippen LogP contribution in [0.1, 0.15) is 19.3 Å². The molecule has 144 valence electrons. The van der Waals surface area contributed by atoms with Crippen molar-refractivity contribution in [2.24, 2.45) is 17.6 Å². The van der Waals surface area contributed by atoms with Crippen molar-refractivity contribution < 1.29 is 9.53 Å². The van der Waals surface area contributed by atoms with Gasteiger partial charge in [0, 0.05) is 24.7 Å². The third-order valence-electron chi connectivity index (χ3n) is 5.81. The number of carbonyl (C=O) groups excluding carboxylic acids is 1. The van der Waals surface area contributed by atoms with E-state index in [0.717, 1.165) is 42.8 Å². The van der Waals surface area contributed by atoms with E-state index >= 15 is 0 Å². The van der Waals surface area contributed by atoms with Crippen LogP contribution in [-0.4, -0.2) is 36.5 Å². The fraction of sp³-hybridized carbons (Fsp3) is 0.409. The molecule has 2 aliphatic rings. The lowest BCUT2D eigenvalue weighted by molar-refractivity contribution is -0.131. The maximum atomic E-state index is 12.5. The Morgan fingerprint density at radius 2 is 1.78 bits per heavy atom. The molecule has 5 heteroatoms. The van der Waals surface area contributed by atoms with E-state index < -0.39 is 0 Å². The molecule has 3 atom stereocenters. The van der Waals surface area contributed by atoms with E-state index in [9.17, 15) is 4.79 Å². The van der Waals surface area contributed by atoms with Crippen LogP contribution in [-0.2, 0) is 4.79 Å². The van der Waals surface area contributed by atoms with Gasteiger partial charge in [0.05, 0.1) is 13.0 Å². The first-order chi connectivity index (χ1) is 12.7. The maximum absolute atomic E-state index is 12.5. The average Bonchev–Trinajstić information content (AvgIpc) is 3.25. The summed E-state index contributed by atoms with van der Waals surface area (Å²) in [5.41, 5.74) is 8.35. The van der Waals surface area contributed by atoms with Crippen LogP contribution in [0.25, 0.3) is 11.1 Å². The van der Waals surface area contributed by atoms with E-state index in [2.05, 4.69) is 18.2 Å². The number of halogens is 1. The van der Waals surface area contributed by atoms with E-state index in [-0.39, 0.29) is 24.4 Å². The molecule has 1 saturated heterocycles. The number of hydrogen-bond donors (Lipinski definition) is 1. The Hall–Kier alpha value is -2.04. The molecule has 4 rings (SSSR count). The molecular formula is C22H27ClN2O2. The molecule has 0 aromatic heterocycles. The van der Waals surface area contributed by atoms with Crippen molar-refractivity contribution in [3.8, 4) is 16.9 Å². The third-order valence-corrected chi connectivity index (χ3v) is 5.81. The van der Waals surface area contributed by atoms with Gasteiger partial charge in [0.2, 0.25) is 5.91 Å². The summed E-state index contributed by atoms with van der Waals surface area (Å²) in [7, 11) is 0. The predicted molar refractivity (Wildman–Crippen MR) is 110 cm³/mol. The number of nitrogens with two attached hydrogens (primary N) is 1. The van der Waals surface area contributed by atoms with Crippen molar-refractivity contribution >= 4 is 18.3 Å². The number of para-hydroxylation sites is 1. The third kappa shape index (κ3) is 4.28. The van der Waals surface area contributed by atoms with Gasteiger partial charge in [-0.25, -0.2) is 0 Å².